The number of urea groups is 1. The number of carbonyl (C=O) groups is 1. The van der Waals surface area contributed by atoms with E-state index in [1.165, 1.54) is 31.4 Å². The summed E-state index contributed by atoms with van der Waals surface area (Å²) in [7, 11) is -2.53. The Bertz CT molecular complexity index is 1000. The van der Waals surface area contributed by atoms with Gasteiger partial charge < -0.3 is 13.8 Å². The monoisotopic (exact) mass is 546 g/mol. The van der Waals surface area contributed by atoms with E-state index in [2.05, 4.69) is 31.9 Å². The second-order valence-electron chi connectivity index (χ2n) is 6.67. The fourth-order valence-electron chi connectivity index (χ4n) is 3.02. The summed E-state index contributed by atoms with van der Waals surface area (Å²) in [5, 5.41) is 0. The number of ether oxygens (including phenoxy) is 1. The molecule has 0 aliphatic carbocycles. The summed E-state index contributed by atoms with van der Waals surface area (Å²) in [4.78, 5) is 15.9. The summed E-state index contributed by atoms with van der Waals surface area (Å²) in [6.45, 7) is 5.13. The molecule has 156 valence electrons. The van der Waals surface area contributed by atoms with Crippen LogP contribution in [0.1, 0.15) is 13.8 Å². The second-order valence-corrected chi connectivity index (χ2v) is 9.93. The predicted octanol–water partition coefficient (Wildman–Crippen LogP) is 4.64. The van der Waals surface area contributed by atoms with Crippen molar-refractivity contribution in [2.45, 2.75) is 24.8 Å². The molecule has 3 rings (SSSR count). The van der Waals surface area contributed by atoms with Crippen LogP contribution in [0.5, 0.6) is 11.5 Å². The second kappa shape index (κ2) is 8.53. The molecule has 0 N–H and O–H groups in total. The Morgan fingerprint density at radius 2 is 1.62 bits per heavy atom. The number of amides is 2. The average molecular weight is 548 g/mol. The van der Waals surface area contributed by atoms with Crippen molar-refractivity contribution in [1.29, 1.82) is 0 Å². The first kappa shape index (κ1) is 21.9. The van der Waals surface area contributed by atoms with Gasteiger partial charge in [0.1, 0.15) is 16.4 Å². The minimum Gasteiger partial charge on any atom is -0.494 e. The predicted molar refractivity (Wildman–Crippen MR) is 117 cm³/mol. The first-order chi connectivity index (χ1) is 13.6. The van der Waals surface area contributed by atoms with Gasteiger partial charge in [-0.3, -0.25) is 4.90 Å². The number of rotatable bonds is 6. The van der Waals surface area contributed by atoms with Crippen LogP contribution in [0.4, 0.5) is 10.5 Å². The third kappa shape index (κ3) is 4.54. The van der Waals surface area contributed by atoms with Crippen LogP contribution in [0.3, 0.4) is 0 Å². The maximum atomic E-state index is 12.6. The van der Waals surface area contributed by atoms with Crippen molar-refractivity contribution in [3.05, 3.63) is 45.3 Å². The average Bonchev–Trinajstić information content (AvgIpc) is 3.03. The number of hydrogen-bond donors (Lipinski definition) is 0. The normalized spacial score (nSPS) is 14.6. The third-order valence-corrected chi connectivity index (χ3v) is 6.92. The standard InChI is InChI=1S/C19H20Br2N2O5S/c1-12(2)22-8-9-23(19(22)24)13-4-6-15(7-5-13)29(25,26)28-14-10-16(20)18(27-3)17(21)11-14/h4-7,10-12H,8-9H2,1-3H3. The van der Waals surface area contributed by atoms with Gasteiger partial charge >= 0.3 is 16.1 Å². The summed E-state index contributed by atoms with van der Waals surface area (Å²) in [6, 6.07) is 9.14. The number of methoxy groups -OCH3 is 1. The van der Waals surface area contributed by atoms with Gasteiger partial charge in [-0.2, -0.15) is 8.42 Å². The molecule has 1 aliphatic heterocycles. The Labute approximate surface area is 187 Å². The number of hydrogen-bond acceptors (Lipinski definition) is 5. The maximum absolute atomic E-state index is 12.6. The molecule has 0 spiro atoms. The van der Waals surface area contributed by atoms with E-state index in [0.29, 0.717) is 33.5 Å². The Morgan fingerprint density at radius 3 is 2.10 bits per heavy atom. The molecule has 0 bridgehead atoms. The van der Waals surface area contributed by atoms with Crippen LogP contribution in [0, 0.1) is 0 Å². The van der Waals surface area contributed by atoms with E-state index in [1.54, 1.807) is 21.9 Å². The van der Waals surface area contributed by atoms with Gasteiger partial charge in [-0.15, -0.1) is 0 Å². The van der Waals surface area contributed by atoms with E-state index in [1.807, 2.05) is 13.8 Å². The molecule has 0 radical (unpaired) electrons. The van der Waals surface area contributed by atoms with Crippen molar-refractivity contribution in [2.75, 3.05) is 25.1 Å². The summed E-state index contributed by atoms with van der Waals surface area (Å²) < 4.78 is 36.8. The highest BCUT2D eigenvalue weighted by molar-refractivity contribution is 9.11. The largest absolute Gasteiger partial charge is 0.494 e. The zero-order valence-electron chi connectivity index (χ0n) is 16.1. The van der Waals surface area contributed by atoms with Gasteiger partial charge in [-0.1, -0.05) is 0 Å². The zero-order valence-corrected chi connectivity index (χ0v) is 20.0. The van der Waals surface area contributed by atoms with Gasteiger partial charge in [0, 0.05) is 24.8 Å². The molecule has 29 heavy (non-hydrogen) atoms. The number of halogens is 2. The highest BCUT2D eigenvalue weighted by Crippen LogP contribution is 2.38. The van der Waals surface area contributed by atoms with Crippen LogP contribution in [-0.4, -0.2) is 45.6 Å². The van der Waals surface area contributed by atoms with E-state index in [-0.39, 0.29) is 22.7 Å². The van der Waals surface area contributed by atoms with Crippen LogP contribution < -0.4 is 13.8 Å². The highest BCUT2D eigenvalue weighted by Gasteiger charge is 2.31. The summed E-state index contributed by atoms with van der Waals surface area (Å²) in [6.07, 6.45) is 0. The molecule has 10 heteroatoms. The van der Waals surface area contributed by atoms with Crippen LogP contribution >= 0.6 is 31.9 Å². The Balaban J connectivity index is 1.80. The molecule has 1 saturated heterocycles. The van der Waals surface area contributed by atoms with Gasteiger partial charge in [0.2, 0.25) is 0 Å². The molecule has 1 heterocycles. The van der Waals surface area contributed by atoms with Gasteiger partial charge in [0.15, 0.2) is 0 Å². The van der Waals surface area contributed by atoms with E-state index < -0.39 is 10.1 Å². The van der Waals surface area contributed by atoms with E-state index >= 15 is 0 Å². The van der Waals surface area contributed by atoms with Crippen LogP contribution in [0.15, 0.2) is 50.2 Å². The maximum Gasteiger partial charge on any atom is 0.339 e. The van der Waals surface area contributed by atoms with Gasteiger partial charge in [-0.25, -0.2) is 4.79 Å². The highest BCUT2D eigenvalue weighted by atomic mass is 79.9. The number of anilines is 1. The van der Waals surface area contributed by atoms with Gasteiger partial charge in [-0.05, 0) is 82.1 Å². The molecule has 2 aromatic carbocycles. The number of carbonyl (C=O) groups excluding carboxylic acids is 1. The Kier molecular flexibility index (Phi) is 6.45. The lowest BCUT2D eigenvalue weighted by molar-refractivity contribution is 0.209. The molecular weight excluding hydrogens is 528 g/mol. The Hall–Kier alpha value is -1.78. The van der Waals surface area contributed by atoms with E-state index in [0.717, 1.165) is 0 Å². The molecule has 0 saturated carbocycles. The van der Waals surface area contributed by atoms with Gasteiger partial charge in [0.25, 0.3) is 0 Å². The molecule has 1 aliphatic rings. The SMILES string of the molecule is COc1c(Br)cc(OS(=O)(=O)c2ccc(N3CCN(C(C)C)C3=O)cc2)cc1Br. The molecule has 0 aromatic heterocycles. The molecule has 0 unspecified atom stereocenters. The number of nitrogens with zero attached hydrogens (tertiary/aromatic N) is 2. The van der Waals surface area contributed by atoms with E-state index in [9.17, 15) is 13.2 Å². The minimum atomic E-state index is -4.04. The smallest absolute Gasteiger partial charge is 0.339 e. The molecule has 2 aromatic rings. The first-order valence-corrected chi connectivity index (χ1v) is 11.8. The first-order valence-electron chi connectivity index (χ1n) is 8.79. The molecule has 7 nitrogen and oxygen atoms in total. The lowest BCUT2D eigenvalue weighted by Gasteiger charge is -2.21. The molecule has 1 fully saturated rings. The van der Waals surface area contributed by atoms with Crippen molar-refractivity contribution in [1.82, 2.24) is 4.90 Å². The lowest BCUT2D eigenvalue weighted by atomic mass is 10.3. The van der Waals surface area contributed by atoms with Crippen molar-refractivity contribution < 1.29 is 22.1 Å². The summed E-state index contributed by atoms with van der Waals surface area (Å²) in [5.41, 5.74) is 0.645. The Morgan fingerprint density at radius 1 is 1.03 bits per heavy atom. The summed E-state index contributed by atoms with van der Waals surface area (Å²) >= 11 is 6.64. The lowest BCUT2D eigenvalue weighted by Crippen LogP contribution is -2.36. The van der Waals surface area contributed by atoms with Crippen molar-refractivity contribution in [2.24, 2.45) is 0 Å². The zero-order chi connectivity index (χ0) is 21.3. The van der Waals surface area contributed by atoms with Crippen LogP contribution in [0.25, 0.3) is 0 Å². The quantitative estimate of drug-likeness (QED) is 0.492. The molecule has 2 amide bonds. The minimum absolute atomic E-state index is 0.00308. The van der Waals surface area contributed by atoms with Crippen molar-refractivity contribution in [3.63, 3.8) is 0 Å². The van der Waals surface area contributed by atoms with Crippen LogP contribution in [0.2, 0.25) is 0 Å². The number of benzene rings is 2. The third-order valence-electron chi connectivity index (χ3n) is 4.48. The fourth-order valence-corrected chi connectivity index (χ4v) is 5.40. The molecular formula is C19H20Br2N2O5S. The fraction of sp³-hybridized carbons (Fsp3) is 0.316. The van der Waals surface area contributed by atoms with E-state index in [4.69, 9.17) is 8.92 Å². The van der Waals surface area contributed by atoms with Crippen molar-refractivity contribution >= 4 is 53.7 Å². The van der Waals surface area contributed by atoms with Crippen LogP contribution in [-0.2, 0) is 10.1 Å². The molecule has 0 atom stereocenters. The topological polar surface area (TPSA) is 76.2 Å². The summed E-state index contributed by atoms with van der Waals surface area (Å²) in [5.74, 6) is 0.667. The van der Waals surface area contributed by atoms with Crippen molar-refractivity contribution in [3.8, 4) is 11.5 Å². The van der Waals surface area contributed by atoms with Gasteiger partial charge in [0.05, 0.1) is 16.1 Å².